The summed E-state index contributed by atoms with van der Waals surface area (Å²) in [7, 11) is 0. The van der Waals surface area contributed by atoms with Crippen LogP contribution in [0.2, 0.25) is 0 Å². The Balaban J connectivity index is 2.34. The highest BCUT2D eigenvalue weighted by Crippen LogP contribution is 2.23. The number of hydrogen-bond donors (Lipinski definition) is 4. The number of aromatic nitrogens is 2. The van der Waals surface area contributed by atoms with E-state index >= 15 is 0 Å². The molecule has 8 heteroatoms. The third-order valence-corrected chi connectivity index (χ3v) is 2.77. The number of rotatable bonds is 5. The van der Waals surface area contributed by atoms with Crippen LogP contribution in [0.1, 0.15) is 12.0 Å². The first-order chi connectivity index (χ1) is 10.1. The second-order valence-corrected chi connectivity index (χ2v) is 4.20. The SMILES string of the molecule is NC(=O)CCN=C(NO)c1cn[nH]c1-c1ccccc1F. The van der Waals surface area contributed by atoms with Crippen molar-refractivity contribution in [2.24, 2.45) is 10.7 Å². The number of benzene rings is 1. The van der Waals surface area contributed by atoms with Crippen LogP contribution in [-0.4, -0.2) is 33.7 Å². The standard InChI is InChI=1S/C13H14FN5O2/c14-10-4-2-1-3-8(10)12-9(7-17-18-12)13(19-21)16-6-5-11(15)20/h1-4,7,21H,5-6H2,(H2,15,20)(H,16,19)(H,17,18). The zero-order chi connectivity index (χ0) is 15.2. The van der Waals surface area contributed by atoms with Crippen molar-refractivity contribution in [3.8, 4) is 11.3 Å². The fraction of sp³-hybridized carbons (Fsp3) is 0.154. The summed E-state index contributed by atoms with van der Waals surface area (Å²) >= 11 is 0. The molecule has 0 radical (unpaired) electrons. The molecule has 0 aliphatic rings. The van der Waals surface area contributed by atoms with E-state index in [4.69, 9.17) is 5.73 Å². The lowest BCUT2D eigenvalue weighted by Gasteiger charge is -2.06. The van der Waals surface area contributed by atoms with Crippen LogP contribution in [0.4, 0.5) is 4.39 Å². The lowest BCUT2D eigenvalue weighted by atomic mass is 10.1. The molecule has 0 spiro atoms. The molecule has 0 atom stereocenters. The number of amides is 1. The molecule has 2 aromatic rings. The summed E-state index contributed by atoms with van der Waals surface area (Å²) in [4.78, 5) is 14.7. The van der Waals surface area contributed by atoms with Gasteiger partial charge in [0.1, 0.15) is 5.82 Å². The van der Waals surface area contributed by atoms with Crippen molar-refractivity contribution in [3.63, 3.8) is 0 Å². The number of nitrogens with one attached hydrogen (secondary N) is 2. The van der Waals surface area contributed by atoms with E-state index in [0.717, 1.165) is 0 Å². The average Bonchev–Trinajstić information content (AvgIpc) is 2.93. The zero-order valence-electron chi connectivity index (χ0n) is 11.0. The fourth-order valence-electron chi connectivity index (χ4n) is 1.79. The number of aromatic amines is 1. The van der Waals surface area contributed by atoms with Gasteiger partial charge in [-0.3, -0.25) is 25.6 Å². The summed E-state index contributed by atoms with van der Waals surface area (Å²) in [5.41, 5.74) is 7.99. The molecule has 7 nitrogen and oxygen atoms in total. The number of halogens is 1. The van der Waals surface area contributed by atoms with Crippen molar-refractivity contribution in [1.29, 1.82) is 0 Å². The number of hydroxylamine groups is 1. The molecule has 0 unspecified atom stereocenters. The van der Waals surface area contributed by atoms with E-state index in [0.29, 0.717) is 16.8 Å². The molecule has 0 aliphatic heterocycles. The van der Waals surface area contributed by atoms with Gasteiger partial charge in [-0.2, -0.15) is 5.10 Å². The minimum atomic E-state index is -0.502. The summed E-state index contributed by atoms with van der Waals surface area (Å²) < 4.78 is 13.8. The minimum absolute atomic E-state index is 0.0397. The van der Waals surface area contributed by atoms with Gasteiger partial charge in [0.25, 0.3) is 0 Å². The van der Waals surface area contributed by atoms with Gasteiger partial charge in [0.2, 0.25) is 5.91 Å². The lowest BCUT2D eigenvalue weighted by molar-refractivity contribution is -0.117. The molecule has 1 aromatic heterocycles. The molecule has 1 aromatic carbocycles. The van der Waals surface area contributed by atoms with Crippen LogP contribution in [-0.2, 0) is 4.79 Å². The first-order valence-electron chi connectivity index (χ1n) is 6.15. The molecule has 0 fully saturated rings. The van der Waals surface area contributed by atoms with Gasteiger partial charge in [0.15, 0.2) is 5.84 Å². The summed E-state index contributed by atoms with van der Waals surface area (Å²) in [5, 5.41) is 15.7. The average molecular weight is 291 g/mol. The molecule has 2 rings (SSSR count). The van der Waals surface area contributed by atoms with Gasteiger partial charge in [-0.15, -0.1) is 0 Å². The van der Waals surface area contributed by atoms with E-state index in [-0.39, 0.29) is 18.8 Å². The molecule has 0 aliphatic carbocycles. The quantitative estimate of drug-likeness (QED) is 0.370. The molecular weight excluding hydrogens is 277 g/mol. The summed E-state index contributed by atoms with van der Waals surface area (Å²) in [6.07, 6.45) is 1.44. The maximum atomic E-state index is 13.8. The molecule has 1 amide bonds. The molecular formula is C13H14FN5O2. The van der Waals surface area contributed by atoms with Crippen molar-refractivity contribution >= 4 is 11.7 Å². The predicted octanol–water partition coefficient (Wildman–Crippen LogP) is 0.817. The zero-order valence-corrected chi connectivity index (χ0v) is 11.0. The van der Waals surface area contributed by atoms with Crippen LogP contribution in [0.3, 0.4) is 0 Å². The number of nitrogens with two attached hydrogens (primary N) is 1. The second kappa shape index (κ2) is 6.62. The van der Waals surface area contributed by atoms with E-state index < -0.39 is 11.7 Å². The van der Waals surface area contributed by atoms with Crippen molar-refractivity contribution < 1.29 is 14.4 Å². The highest BCUT2D eigenvalue weighted by atomic mass is 19.1. The minimum Gasteiger partial charge on any atom is -0.370 e. The summed E-state index contributed by atoms with van der Waals surface area (Å²) in [5.74, 6) is -0.863. The van der Waals surface area contributed by atoms with E-state index in [1.165, 1.54) is 12.3 Å². The molecule has 0 bridgehead atoms. The molecule has 0 saturated heterocycles. The van der Waals surface area contributed by atoms with Gasteiger partial charge in [0, 0.05) is 12.0 Å². The Kier molecular flexibility index (Phi) is 4.62. The topological polar surface area (TPSA) is 116 Å². The van der Waals surface area contributed by atoms with Crippen LogP contribution in [0, 0.1) is 5.82 Å². The number of primary amides is 1. The molecule has 110 valence electrons. The van der Waals surface area contributed by atoms with Gasteiger partial charge < -0.3 is 5.73 Å². The molecule has 5 N–H and O–H groups in total. The van der Waals surface area contributed by atoms with Gasteiger partial charge >= 0.3 is 0 Å². The monoisotopic (exact) mass is 291 g/mol. The van der Waals surface area contributed by atoms with E-state index in [1.54, 1.807) is 18.2 Å². The number of carbonyl (C=O) groups is 1. The molecule has 21 heavy (non-hydrogen) atoms. The third kappa shape index (κ3) is 3.42. The Hall–Kier alpha value is -2.74. The Labute approximate surface area is 119 Å². The number of hydrogen-bond acceptors (Lipinski definition) is 4. The second-order valence-electron chi connectivity index (χ2n) is 4.20. The van der Waals surface area contributed by atoms with Crippen LogP contribution >= 0.6 is 0 Å². The van der Waals surface area contributed by atoms with Crippen molar-refractivity contribution in [3.05, 3.63) is 41.8 Å². The lowest BCUT2D eigenvalue weighted by Crippen LogP contribution is -2.22. The van der Waals surface area contributed by atoms with Crippen molar-refractivity contribution in [2.75, 3.05) is 6.54 Å². The normalized spacial score (nSPS) is 11.4. The van der Waals surface area contributed by atoms with Crippen molar-refractivity contribution in [2.45, 2.75) is 6.42 Å². The number of amidine groups is 1. The largest absolute Gasteiger partial charge is 0.370 e. The Morgan fingerprint density at radius 3 is 2.90 bits per heavy atom. The van der Waals surface area contributed by atoms with E-state index in [1.807, 2.05) is 5.48 Å². The van der Waals surface area contributed by atoms with E-state index in [9.17, 15) is 14.4 Å². The summed E-state index contributed by atoms with van der Waals surface area (Å²) in [6, 6.07) is 6.14. The Morgan fingerprint density at radius 2 is 2.24 bits per heavy atom. The highest BCUT2D eigenvalue weighted by Gasteiger charge is 2.15. The van der Waals surface area contributed by atoms with Crippen molar-refractivity contribution in [1.82, 2.24) is 15.7 Å². The molecule has 1 heterocycles. The number of aliphatic imine (C=N–C) groups is 1. The van der Waals surface area contributed by atoms with E-state index in [2.05, 4.69) is 15.2 Å². The summed E-state index contributed by atoms with van der Waals surface area (Å²) in [6.45, 7) is 0.0973. The Bertz CT molecular complexity index is 668. The highest BCUT2D eigenvalue weighted by molar-refractivity contribution is 6.03. The van der Waals surface area contributed by atoms with Gasteiger partial charge in [-0.05, 0) is 12.1 Å². The van der Waals surface area contributed by atoms with Crippen LogP contribution in [0.5, 0.6) is 0 Å². The van der Waals surface area contributed by atoms with Gasteiger partial charge in [0.05, 0.1) is 24.0 Å². The smallest absolute Gasteiger partial charge is 0.219 e. The van der Waals surface area contributed by atoms with Gasteiger partial charge in [-0.25, -0.2) is 4.39 Å². The van der Waals surface area contributed by atoms with Crippen LogP contribution in [0.25, 0.3) is 11.3 Å². The number of carbonyl (C=O) groups excluding carboxylic acids is 1. The van der Waals surface area contributed by atoms with Crippen LogP contribution < -0.4 is 11.2 Å². The van der Waals surface area contributed by atoms with Crippen LogP contribution in [0.15, 0.2) is 35.5 Å². The third-order valence-electron chi connectivity index (χ3n) is 2.77. The fourth-order valence-corrected chi connectivity index (χ4v) is 1.79. The Morgan fingerprint density at radius 1 is 1.48 bits per heavy atom. The maximum absolute atomic E-state index is 13.8. The number of H-pyrrole nitrogens is 1. The van der Waals surface area contributed by atoms with Gasteiger partial charge in [-0.1, -0.05) is 12.1 Å². The first kappa shape index (κ1) is 14.7. The first-order valence-corrected chi connectivity index (χ1v) is 6.15. The number of nitrogens with zero attached hydrogens (tertiary/aromatic N) is 2. The molecule has 0 saturated carbocycles. The predicted molar refractivity (Wildman–Crippen MR) is 74.1 cm³/mol. The maximum Gasteiger partial charge on any atom is 0.219 e.